The molecule has 20 heavy (non-hydrogen) atoms. The molecule has 1 amide bonds. The molecular formula is C16H18N2O2. The van der Waals surface area contributed by atoms with Gasteiger partial charge in [-0.15, -0.1) is 0 Å². The Bertz CT molecular complexity index is 638. The largest absolute Gasteiger partial charge is 0.495 e. The molecule has 0 unspecified atom stereocenters. The van der Waals surface area contributed by atoms with Gasteiger partial charge in [0, 0.05) is 18.3 Å². The molecule has 4 nitrogen and oxygen atoms in total. The van der Waals surface area contributed by atoms with Gasteiger partial charge in [-0.3, -0.25) is 4.79 Å². The maximum absolute atomic E-state index is 12.5. The summed E-state index contributed by atoms with van der Waals surface area (Å²) in [5.41, 5.74) is 8.78. The zero-order valence-electron chi connectivity index (χ0n) is 11.9. The molecule has 0 aliphatic carbocycles. The fraction of sp³-hybridized carbons (Fsp3) is 0.188. The first kappa shape index (κ1) is 13.9. The quantitative estimate of drug-likeness (QED) is 0.872. The highest BCUT2D eigenvalue weighted by Crippen LogP contribution is 2.24. The fourth-order valence-electron chi connectivity index (χ4n) is 1.99. The lowest BCUT2D eigenvalue weighted by molar-refractivity contribution is 0.0992. The minimum absolute atomic E-state index is 0.103. The monoisotopic (exact) mass is 270 g/mol. The topological polar surface area (TPSA) is 55.6 Å². The number of nitrogen functional groups attached to an aromatic ring is 1. The van der Waals surface area contributed by atoms with Crippen LogP contribution in [0.5, 0.6) is 5.75 Å². The van der Waals surface area contributed by atoms with E-state index in [1.54, 1.807) is 30.1 Å². The van der Waals surface area contributed by atoms with Crippen molar-refractivity contribution in [2.75, 3.05) is 24.8 Å². The number of methoxy groups -OCH3 is 1. The Balaban J connectivity index is 2.31. The molecule has 0 bridgehead atoms. The first-order chi connectivity index (χ1) is 9.52. The Hall–Kier alpha value is -2.49. The average Bonchev–Trinajstić information content (AvgIpc) is 2.46. The van der Waals surface area contributed by atoms with Crippen molar-refractivity contribution in [3.8, 4) is 5.75 Å². The average molecular weight is 270 g/mol. The van der Waals surface area contributed by atoms with Gasteiger partial charge < -0.3 is 15.4 Å². The zero-order chi connectivity index (χ0) is 14.7. The van der Waals surface area contributed by atoms with Gasteiger partial charge in [-0.05, 0) is 42.8 Å². The Morgan fingerprint density at radius 1 is 1.20 bits per heavy atom. The number of nitrogens with two attached hydrogens (primary N) is 1. The van der Waals surface area contributed by atoms with Gasteiger partial charge in [0.25, 0.3) is 5.91 Å². The van der Waals surface area contributed by atoms with Gasteiger partial charge >= 0.3 is 0 Å². The van der Waals surface area contributed by atoms with Gasteiger partial charge in [0.15, 0.2) is 0 Å². The predicted octanol–water partition coefficient (Wildman–Crippen LogP) is 2.86. The lowest BCUT2D eigenvalue weighted by atomic mass is 10.1. The summed E-state index contributed by atoms with van der Waals surface area (Å²) in [6.07, 6.45) is 0. The molecule has 2 N–H and O–H groups in total. The summed E-state index contributed by atoms with van der Waals surface area (Å²) in [6.45, 7) is 1.99. The van der Waals surface area contributed by atoms with Crippen LogP contribution in [0.25, 0.3) is 0 Å². The third-order valence-corrected chi connectivity index (χ3v) is 3.17. The second-order valence-electron chi connectivity index (χ2n) is 4.66. The lowest BCUT2D eigenvalue weighted by Crippen LogP contribution is -2.26. The van der Waals surface area contributed by atoms with Gasteiger partial charge in [-0.25, -0.2) is 0 Å². The van der Waals surface area contributed by atoms with Gasteiger partial charge in [0.2, 0.25) is 0 Å². The summed E-state index contributed by atoms with van der Waals surface area (Å²) in [4.78, 5) is 14.1. The van der Waals surface area contributed by atoms with Crippen LogP contribution in [-0.2, 0) is 0 Å². The molecule has 0 saturated heterocycles. The van der Waals surface area contributed by atoms with Gasteiger partial charge in [0.1, 0.15) is 5.75 Å². The van der Waals surface area contributed by atoms with Crippen LogP contribution >= 0.6 is 0 Å². The van der Waals surface area contributed by atoms with Crippen LogP contribution in [0.1, 0.15) is 15.9 Å². The van der Waals surface area contributed by atoms with Crippen molar-refractivity contribution in [3.63, 3.8) is 0 Å². The number of carbonyl (C=O) groups excluding carboxylic acids is 1. The Morgan fingerprint density at radius 3 is 2.60 bits per heavy atom. The third-order valence-electron chi connectivity index (χ3n) is 3.17. The standard InChI is InChI=1S/C16H18N2O2/c1-11-5-4-6-13(9-11)18(2)16(19)12-7-8-14(17)15(10-12)20-3/h4-10H,17H2,1-3H3. The van der Waals surface area contributed by atoms with E-state index in [1.807, 2.05) is 31.2 Å². The van der Waals surface area contributed by atoms with Crippen molar-refractivity contribution in [1.29, 1.82) is 0 Å². The molecule has 2 rings (SSSR count). The molecule has 0 aliphatic heterocycles. The summed E-state index contributed by atoms with van der Waals surface area (Å²) in [6, 6.07) is 12.8. The lowest BCUT2D eigenvalue weighted by Gasteiger charge is -2.18. The number of hydrogen-bond donors (Lipinski definition) is 1. The number of amides is 1. The molecule has 0 fully saturated rings. The van der Waals surface area contributed by atoms with E-state index in [9.17, 15) is 4.79 Å². The molecule has 2 aromatic carbocycles. The third kappa shape index (κ3) is 2.74. The van der Waals surface area contributed by atoms with E-state index in [1.165, 1.54) is 7.11 Å². The second-order valence-corrected chi connectivity index (χ2v) is 4.66. The van der Waals surface area contributed by atoms with E-state index in [-0.39, 0.29) is 5.91 Å². The molecule has 0 heterocycles. The highest BCUT2D eigenvalue weighted by atomic mass is 16.5. The number of ether oxygens (including phenoxy) is 1. The van der Waals surface area contributed by atoms with Gasteiger partial charge in [-0.1, -0.05) is 12.1 Å². The minimum atomic E-state index is -0.103. The molecule has 0 aliphatic rings. The van der Waals surface area contributed by atoms with Crippen LogP contribution in [-0.4, -0.2) is 20.1 Å². The van der Waals surface area contributed by atoms with E-state index >= 15 is 0 Å². The minimum Gasteiger partial charge on any atom is -0.495 e. The Labute approximate surface area is 118 Å². The fourth-order valence-corrected chi connectivity index (χ4v) is 1.99. The molecule has 0 atom stereocenters. The number of aryl methyl sites for hydroxylation is 1. The highest BCUT2D eigenvalue weighted by molar-refractivity contribution is 6.06. The Morgan fingerprint density at radius 2 is 1.95 bits per heavy atom. The normalized spacial score (nSPS) is 10.2. The SMILES string of the molecule is COc1cc(C(=O)N(C)c2cccc(C)c2)ccc1N. The first-order valence-electron chi connectivity index (χ1n) is 6.31. The number of carbonyl (C=O) groups is 1. The number of nitrogens with zero attached hydrogens (tertiary/aromatic N) is 1. The molecule has 0 saturated carbocycles. The number of rotatable bonds is 3. The molecule has 0 radical (unpaired) electrons. The maximum atomic E-state index is 12.5. The van der Waals surface area contributed by atoms with E-state index in [2.05, 4.69) is 0 Å². The van der Waals surface area contributed by atoms with E-state index < -0.39 is 0 Å². The van der Waals surface area contributed by atoms with Crippen molar-refractivity contribution in [3.05, 3.63) is 53.6 Å². The van der Waals surface area contributed by atoms with Crippen LogP contribution in [0.15, 0.2) is 42.5 Å². The van der Waals surface area contributed by atoms with E-state index in [4.69, 9.17) is 10.5 Å². The maximum Gasteiger partial charge on any atom is 0.258 e. The summed E-state index contributed by atoms with van der Waals surface area (Å²) in [5.74, 6) is 0.405. The van der Waals surface area contributed by atoms with Crippen molar-refractivity contribution < 1.29 is 9.53 Å². The van der Waals surface area contributed by atoms with Crippen molar-refractivity contribution in [2.24, 2.45) is 0 Å². The van der Waals surface area contributed by atoms with Crippen molar-refractivity contribution >= 4 is 17.3 Å². The number of benzene rings is 2. The molecular weight excluding hydrogens is 252 g/mol. The van der Waals surface area contributed by atoms with Gasteiger partial charge in [0.05, 0.1) is 12.8 Å². The zero-order valence-corrected chi connectivity index (χ0v) is 11.9. The van der Waals surface area contributed by atoms with E-state index in [0.717, 1.165) is 11.3 Å². The molecule has 4 heteroatoms. The van der Waals surface area contributed by atoms with Crippen molar-refractivity contribution in [1.82, 2.24) is 0 Å². The second kappa shape index (κ2) is 5.65. The van der Waals surface area contributed by atoms with Crippen LogP contribution in [0.3, 0.4) is 0 Å². The first-order valence-corrected chi connectivity index (χ1v) is 6.31. The predicted molar refractivity (Wildman–Crippen MR) is 81.3 cm³/mol. The number of anilines is 2. The summed E-state index contributed by atoms with van der Waals surface area (Å²) < 4.78 is 5.14. The molecule has 0 spiro atoms. The van der Waals surface area contributed by atoms with E-state index in [0.29, 0.717) is 17.0 Å². The number of hydrogen-bond acceptors (Lipinski definition) is 3. The van der Waals surface area contributed by atoms with Crippen molar-refractivity contribution in [2.45, 2.75) is 6.92 Å². The Kier molecular flexibility index (Phi) is 3.94. The molecule has 2 aromatic rings. The highest BCUT2D eigenvalue weighted by Gasteiger charge is 2.15. The van der Waals surface area contributed by atoms with Crippen LogP contribution in [0.4, 0.5) is 11.4 Å². The summed E-state index contributed by atoms with van der Waals surface area (Å²) in [5, 5.41) is 0. The molecule has 0 aromatic heterocycles. The smallest absolute Gasteiger partial charge is 0.258 e. The van der Waals surface area contributed by atoms with Crippen LogP contribution in [0.2, 0.25) is 0 Å². The summed E-state index contributed by atoms with van der Waals surface area (Å²) in [7, 11) is 3.28. The molecule has 104 valence electrons. The summed E-state index contributed by atoms with van der Waals surface area (Å²) >= 11 is 0. The van der Waals surface area contributed by atoms with Crippen LogP contribution in [0, 0.1) is 6.92 Å². The van der Waals surface area contributed by atoms with Gasteiger partial charge in [-0.2, -0.15) is 0 Å². The van der Waals surface area contributed by atoms with Crippen LogP contribution < -0.4 is 15.4 Å².